The first kappa shape index (κ1) is 22.3. The van der Waals surface area contributed by atoms with Crippen LogP contribution in [0.3, 0.4) is 0 Å². The van der Waals surface area contributed by atoms with E-state index in [-0.39, 0.29) is 23.9 Å². The fourth-order valence-corrected chi connectivity index (χ4v) is 3.21. The zero-order valence-electron chi connectivity index (χ0n) is 18.8. The van der Waals surface area contributed by atoms with E-state index < -0.39 is 0 Å². The quantitative estimate of drug-likeness (QED) is 0.626. The summed E-state index contributed by atoms with van der Waals surface area (Å²) in [6.07, 6.45) is 1.71. The van der Waals surface area contributed by atoms with Gasteiger partial charge in [-0.3, -0.25) is 9.59 Å². The minimum Gasteiger partial charge on any atom is -0.350 e. The van der Waals surface area contributed by atoms with Crippen LogP contribution in [-0.2, 0) is 4.79 Å². The van der Waals surface area contributed by atoms with Crippen molar-refractivity contribution < 1.29 is 9.59 Å². The summed E-state index contributed by atoms with van der Waals surface area (Å²) in [5, 5.41) is 10.3. The van der Waals surface area contributed by atoms with Crippen LogP contribution < -0.4 is 10.6 Å². The predicted molar refractivity (Wildman–Crippen MR) is 123 cm³/mol. The van der Waals surface area contributed by atoms with Crippen LogP contribution in [0.1, 0.15) is 56.5 Å². The first-order valence-electron chi connectivity index (χ1n) is 10.5. The van der Waals surface area contributed by atoms with Gasteiger partial charge in [-0.05, 0) is 44.4 Å². The third-order valence-electron chi connectivity index (χ3n) is 4.75. The molecule has 0 fully saturated rings. The molecular weight excluding hydrogens is 388 g/mol. The zero-order chi connectivity index (χ0) is 22.6. The molecule has 0 aliphatic carbocycles. The van der Waals surface area contributed by atoms with E-state index in [1.54, 1.807) is 10.9 Å². The summed E-state index contributed by atoms with van der Waals surface area (Å²) in [6.45, 7) is 9.88. The lowest BCUT2D eigenvalue weighted by Crippen LogP contribution is -2.45. The Morgan fingerprint density at radius 3 is 2.23 bits per heavy atom. The molecule has 6 nitrogen and oxygen atoms in total. The lowest BCUT2D eigenvalue weighted by Gasteiger charge is -2.20. The highest BCUT2D eigenvalue weighted by Crippen LogP contribution is 2.26. The van der Waals surface area contributed by atoms with Gasteiger partial charge in [-0.1, -0.05) is 56.3 Å². The molecule has 1 aromatic heterocycles. The highest BCUT2D eigenvalue weighted by atomic mass is 16.2. The Labute approximate surface area is 183 Å². The van der Waals surface area contributed by atoms with E-state index in [4.69, 9.17) is 0 Å². The SMILES string of the molecule is CC(C)c1ccc(-c2nn(-c3ccccc3)cc2C(=O)NCC(=O)NC(C)(C)C)cc1. The number of nitrogens with one attached hydrogen (secondary N) is 2. The number of hydrogen-bond acceptors (Lipinski definition) is 3. The van der Waals surface area contributed by atoms with E-state index in [2.05, 4.69) is 41.7 Å². The molecule has 0 aliphatic rings. The van der Waals surface area contributed by atoms with Crippen molar-refractivity contribution >= 4 is 11.8 Å². The largest absolute Gasteiger partial charge is 0.350 e. The standard InChI is InChI=1S/C25H30N4O2/c1-17(2)18-11-13-19(14-12-18)23-21(16-29(28-23)20-9-7-6-8-10-20)24(31)26-15-22(30)27-25(3,4)5/h6-14,16-17H,15H2,1-5H3,(H,26,31)(H,27,30). The molecule has 0 saturated carbocycles. The maximum absolute atomic E-state index is 13.0. The zero-order valence-corrected chi connectivity index (χ0v) is 18.8. The fourth-order valence-electron chi connectivity index (χ4n) is 3.21. The molecule has 2 N–H and O–H groups in total. The number of rotatable bonds is 6. The minimum atomic E-state index is -0.358. The van der Waals surface area contributed by atoms with Gasteiger partial charge in [-0.15, -0.1) is 0 Å². The highest BCUT2D eigenvalue weighted by molar-refractivity contribution is 6.01. The summed E-state index contributed by atoms with van der Waals surface area (Å²) in [5.41, 5.74) is 3.56. The van der Waals surface area contributed by atoms with Crippen molar-refractivity contribution in [2.45, 2.75) is 46.1 Å². The third kappa shape index (κ3) is 5.81. The fraction of sp³-hybridized carbons (Fsp3) is 0.320. The number of hydrogen-bond donors (Lipinski definition) is 2. The molecule has 31 heavy (non-hydrogen) atoms. The summed E-state index contributed by atoms with van der Waals surface area (Å²) in [6, 6.07) is 17.7. The summed E-state index contributed by atoms with van der Waals surface area (Å²) in [7, 11) is 0. The van der Waals surface area contributed by atoms with Crippen molar-refractivity contribution in [3.8, 4) is 16.9 Å². The second-order valence-electron chi connectivity index (χ2n) is 8.93. The van der Waals surface area contributed by atoms with Crippen LogP contribution in [0.5, 0.6) is 0 Å². The second-order valence-corrected chi connectivity index (χ2v) is 8.93. The van der Waals surface area contributed by atoms with Crippen LogP contribution in [-0.4, -0.2) is 33.7 Å². The summed E-state index contributed by atoms with van der Waals surface area (Å²) in [5.74, 6) is -0.159. The molecule has 0 unspecified atom stereocenters. The molecule has 0 saturated heterocycles. The van der Waals surface area contributed by atoms with Gasteiger partial charge in [0.1, 0.15) is 5.69 Å². The Hall–Kier alpha value is -3.41. The molecule has 3 rings (SSSR count). The Morgan fingerprint density at radius 2 is 1.65 bits per heavy atom. The average Bonchev–Trinajstić information content (AvgIpc) is 3.17. The van der Waals surface area contributed by atoms with Gasteiger partial charge in [0.25, 0.3) is 5.91 Å². The van der Waals surface area contributed by atoms with Crippen LogP contribution in [0, 0.1) is 0 Å². The minimum absolute atomic E-state index is 0.0989. The Kier molecular flexibility index (Phi) is 6.59. The molecule has 0 spiro atoms. The first-order valence-corrected chi connectivity index (χ1v) is 10.5. The molecule has 1 heterocycles. The van der Waals surface area contributed by atoms with Crippen molar-refractivity contribution in [3.63, 3.8) is 0 Å². The van der Waals surface area contributed by atoms with Crippen LogP contribution in [0.2, 0.25) is 0 Å². The third-order valence-corrected chi connectivity index (χ3v) is 4.75. The van der Waals surface area contributed by atoms with Gasteiger partial charge in [0, 0.05) is 17.3 Å². The Balaban J connectivity index is 1.91. The van der Waals surface area contributed by atoms with Crippen LogP contribution in [0.25, 0.3) is 16.9 Å². The van der Waals surface area contributed by atoms with Gasteiger partial charge in [-0.25, -0.2) is 4.68 Å². The Morgan fingerprint density at radius 1 is 1.00 bits per heavy atom. The van der Waals surface area contributed by atoms with Gasteiger partial charge in [-0.2, -0.15) is 5.10 Å². The topological polar surface area (TPSA) is 76.0 Å². The number of benzene rings is 2. The van der Waals surface area contributed by atoms with E-state index in [1.165, 1.54) is 5.56 Å². The molecule has 0 bridgehead atoms. The van der Waals surface area contributed by atoms with Crippen LogP contribution in [0.15, 0.2) is 60.8 Å². The van der Waals surface area contributed by atoms with Crippen molar-refractivity contribution in [1.29, 1.82) is 0 Å². The maximum Gasteiger partial charge on any atom is 0.255 e. The summed E-state index contributed by atoms with van der Waals surface area (Å²) < 4.78 is 1.69. The van der Waals surface area contributed by atoms with Gasteiger partial charge >= 0.3 is 0 Å². The molecular formula is C25H30N4O2. The predicted octanol–water partition coefficient (Wildman–Crippen LogP) is 4.31. The highest BCUT2D eigenvalue weighted by Gasteiger charge is 2.20. The van der Waals surface area contributed by atoms with Crippen LogP contribution in [0.4, 0.5) is 0 Å². The van der Waals surface area contributed by atoms with Gasteiger partial charge in [0.2, 0.25) is 5.91 Å². The number of carbonyl (C=O) groups excluding carboxylic acids is 2. The molecule has 0 radical (unpaired) electrons. The summed E-state index contributed by atoms with van der Waals surface area (Å²) in [4.78, 5) is 25.1. The van der Waals surface area contributed by atoms with Crippen molar-refractivity contribution in [2.24, 2.45) is 0 Å². The monoisotopic (exact) mass is 418 g/mol. The smallest absolute Gasteiger partial charge is 0.255 e. The number of amides is 2. The van der Waals surface area contributed by atoms with Gasteiger partial charge in [0.05, 0.1) is 17.8 Å². The van der Waals surface area contributed by atoms with Gasteiger partial charge in [0.15, 0.2) is 0 Å². The van der Waals surface area contributed by atoms with E-state index in [1.807, 2.05) is 63.2 Å². The molecule has 2 amide bonds. The second kappa shape index (κ2) is 9.16. The lowest BCUT2D eigenvalue weighted by molar-refractivity contribution is -0.121. The van der Waals surface area contributed by atoms with Gasteiger partial charge < -0.3 is 10.6 Å². The normalized spacial score (nSPS) is 11.4. The van der Waals surface area contributed by atoms with Crippen molar-refractivity contribution in [3.05, 3.63) is 71.9 Å². The average molecular weight is 419 g/mol. The van der Waals surface area contributed by atoms with Crippen LogP contribution >= 0.6 is 0 Å². The molecule has 162 valence electrons. The van der Waals surface area contributed by atoms with E-state index >= 15 is 0 Å². The first-order chi connectivity index (χ1) is 14.6. The summed E-state index contributed by atoms with van der Waals surface area (Å²) >= 11 is 0. The lowest BCUT2D eigenvalue weighted by atomic mass is 10.00. The Bertz CT molecular complexity index is 1050. The molecule has 6 heteroatoms. The van der Waals surface area contributed by atoms with Crippen molar-refractivity contribution in [2.75, 3.05) is 6.54 Å². The number of carbonyl (C=O) groups is 2. The van der Waals surface area contributed by atoms with E-state index in [9.17, 15) is 9.59 Å². The maximum atomic E-state index is 13.0. The number of aromatic nitrogens is 2. The number of para-hydroxylation sites is 1. The molecule has 0 aliphatic heterocycles. The van der Waals surface area contributed by atoms with E-state index in [0.29, 0.717) is 17.2 Å². The molecule has 2 aromatic carbocycles. The number of nitrogens with zero attached hydrogens (tertiary/aromatic N) is 2. The molecule has 0 atom stereocenters. The molecule has 3 aromatic rings. The van der Waals surface area contributed by atoms with Crippen molar-refractivity contribution in [1.82, 2.24) is 20.4 Å². The van der Waals surface area contributed by atoms with E-state index in [0.717, 1.165) is 11.3 Å².